The Morgan fingerprint density at radius 3 is 2.95 bits per heavy atom. The van der Waals surface area contributed by atoms with E-state index in [-0.39, 0.29) is 6.04 Å². The first kappa shape index (κ1) is 13.6. The van der Waals surface area contributed by atoms with Gasteiger partial charge in [0.05, 0.1) is 7.11 Å². The minimum absolute atomic E-state index is 0.256. The highest BCUT2D eigenvalue weighted by Gasteiger charge is 2.03. The van der Waals surface area contributed by atoms with E-state index in [1.165, 1.54) is 0 Å². The van der Waals surface area contributed by atoms with Gasteiger partial charge < -0.3 is 15.8 Å². The molecular formula is C15H21N3O. The Kier molecular flexibility index (Phi) is 4.58. The van der Waals surface area contributed by atoms with E-state index < -0.39 is 0 Å². The van der Waals surface area contributed by atoms with Gasteiger partial charge in [-0.25, -0.2) is 4.98 Å². The molecule has 0 saturated carbocycles. The van der Waals surface area contributed by atoms with E-state index >= 15 is 0 Å². The van der Waals surface area contributed by atoms with Crippen LogP contribution in [0.4, 0.5) is 5.82 Å². The predicted octanol–water partition coefficient (Wildman–Crippen LogP) is 2.78. The molecular weight excluding hydrogens is 238 g/mol. The maximum absolute atomic E-state index is 5.74. The highest BCUT2D eigenvalue weighted by atomic mass is 16.5. The fraction of sp³-hybridized carbons (Fsp3) is 0.400. The molecule has 4 heteroatoms. The summed E-state index contributed by atoms with van der Waals surface area (Å²) < 4.78 is 5.23. The van der Waals surface area contributed by atoms with Gasteiger partial charge in [0.1, 0.15) is 11.6 Å². The zero-order valence-electron chi connectivity index (χ0n) is 11.5. The molecule has 0 fully saturated rings. The standard InChI is InChI=1S/C15H21N3O/c1-11(16)4-3-8-17-15-14-6-5-13(19-2)10-12(14)7-9-18-15/h5-7,9-11H,3-4,8,16H2,1-2H3,(H,17,18). The summed E-state index contributed by atoms with van der Waals surface area (Å²) >= 11 is 0. The SMILES string of the molecule is COc1ccc2c(NCCCC(C)N)nccc2c1. The molecule has 102 valence electrons. The minimum atomic E-state index is 0.256. The van der Waals surface area contributed by atoms with Crippen molar-refractivity contribution in [1.82, 2.24) is 4.98 Å². The zero-order valence-corrected chi connectivity index (χ0v) is 11.5. The predicted molar refractivity (Wildman–Crippen MR) is 79.7 cm³/mol. The maximum Gasteiger partial charge on any atom is 0.133 e. The van der Waals surface area contributed by atoms with Gasteiger partial charge in [-0.15, -0.1) is 0 Å². The van der Waals surface area contributed by atoms with E-state index in [0.29, 0.717) is 0 Å². The summed E-state index contributed by atoms with van der Waals surface area (Å²) in [5.41, 5.74) is 5.74. The van der Waals surface area contributed by atoms with Crippen LogP contribution >= 0.6 is 0 Å². The lowest BCUT2D eigenvalue weighted by Gasteiger charge is -2.10. The molecule has 1 atom stereocenters. The van der Waals surface area contributed by atoms with Crippen LogP contribution in [0.1, 0.15) is 19.8 Å². The van der Waals surface area contributed by atoms with E-state index in [2.05, 4.69) is 10.3 Å². The van der Waals surface area contributed by atoms with Gasteiger partial charge in [0.25, 0.3) is 0 Å². The quantitative estimate of drug-likeness (QED) is 0.783. The van der Waals surface area contributed by atoms with Gasteiger partial charge in [0.2, 0.25) is 0 Å². The van der Waals surface area contributed by atoms with Crippen molar-refractivity contribution < 1.29 is 4.74 Å². The number of nitrogens with two attached hydrogens (primary N) is 1. The first-order chi connectivity index (χ1) is 9.20. The van der Waals surface area contributed by atoms with Gasteiger partial charge in [0, 0.05) is 24.2 Å². The summed E-state index contributed by atoms with van der Waals surface area (Å²) in [5.74, 6) is 1.78. The van der Waals surface area contributed by atoms with Crippen LogP contribution < -0.4 is 15.8 Å². The number of fused-ring (bicyclic) bond motifs is 1. The van der Waals surface area contributed by atoms with Gasteiger partial charge >= 0.3 is 0 Å². The Hall–Kier alpha value is -1.81. The second kappa shape index (κ2) is 6.38. The first-order valence-corrected chi connectivity index (χ1v) is 6.63. The molecule has 0 aliphatic carbocycles. The summed E-state index contributed by atoms with van der Waals surface area (Å²) in [6.07, 6.45) is 3.88. The summed E-state index contributed by atoms with van der Waals surface area (Å²) in [5, 5.41) is 5.62. The summed E-state index contributed by atoms with van der Waals surface area (Å²) in [7, 11) is 1.68. The molecule has 0 aliphatic rings. The van der Waals surface area contributed by atoms with Gasteiger partial charge in [0.15, 0.2) is 0 Å². The fourth-order valence-corrected chi connectivity index (χ4v) is 2.05. The minimum Gasteiger partial charge on any atom is -0.497 e. The molecule has 1 unspecified atom stereocenters. The van der Waals surface area contributed by atoms with Crippen LogP contribution in [0.3, 0.4) is 0 Å². The summed E-state index contributed by atoms with van der Waals surface area (Å²) in [6, 6.07) is 8.26. The number of hydrogen-bond donors (Lipinski definition) is 2. The Labute approximate surface area is 114 Å². The normalized spacial score (nSPS) is 12.4. The number of benzene rings is 1. The molecule has 2 aromatic rings. The molecule has 1 aromatic heterocycles. The van der Waals surface area contributed by atoms with Crippen LogP contribution in [0.25, 0.3) is 10.8 Å². The molecule has 0 bridgehead atoms. The summed E-state index contributed by atoms with van der Waals surface area (Å²) in [6.45, 7) is 2.92. The molecule has 1 heterocycles. The number of aromatic nitrogens is 1. The van der Waals surface area contributed by atoms with Gasteiger partial charge in [-0.3, -0.25) is 0 Å². The molecule has 0 amide bonds. The number of nitrogens with one attached hydrogen (secondary N) is 1. The lowest BCUT2D eigenvalue weighted by Crippen LogP contribution is -2.16. The third-order valence-electron chi connectivity index (χ3n) is 3.10. The first-order valence-electron chi connectivity index (χ1n) is 6.63. The average Bonchev–Trinajstić information content (AvgIpc) is 2.42. The number of nitrogens with zero attached hydrogens (tertiary/aromatic N) is 1. The van der Waals surface area contributed by atoms with Crippen molar-refractivity contribution in [2.24, 2.45) is 5.73 Å². The van der Waals surface area contributed by atoms with E-state index in [9.17, 15) is 0 Å². The van der Waals surface area contributed by atoms with Crippen molar-refractivity contribution in [3.05, 3.63) is 30.5 Å². The van der Waals surface area contributed by atoms with E-state index in [0.717, 1.165) is 41.7 Å². The topological polar surface area (TPSA) is 60.2 Å². The zero-order chi connectivity index (χ0) is 13.7. The lowest BCUT2D eigenvalue weighted by molar-refractivity contribution is 0.415. The van der Waals surface area contributed by atoms with E-state index in [1.54, 1.807) is 7.11 Å². The molecule has 0 aliphatic heterocycles. The second-order valence-corrected chi connectivity index (χ2v) is 4.79. The Morgan fingerprint density at radius 2 is 2.21 bits per heavy atom. The monoisotopic (exact) mass is 259 g/mol. The third kappa shape index (κ3) is 3.58. The molecule has 0 saturated heterocycles. The van der Waals surface area contributed by atoms with Crippen molar-refractivity contribution in [2.45, 2.75) is 25.8 Å². The fourth-order valence-electron chi connectivity index (χ4n) is 2.05. The third-order valence-corrected chi connectivity index (χ3v) is 3.10. The van der Waals surface area contributed by atoms with Gasteiger partial charge in [-0.05, 0) is 49.4 Å². The molecule has 2 rings (SSSR count). The van der Waals surface area contributed by atoms with Crippen LogP contribution in [0.5, 0.6) is 5.75 Å². The molecule has 19 heavy (non-hydrogen) atoms. The maximum atomic E-state index is 5.74. The Bertz CT molecular complexity index is 540. The van der Waals surface area contributed by atoms with Crippen LogP contribution in [-0.2, 0) is 0 Å². The molecule has 4 nitrogen and oxygen atoms in total. The number of methoxy groups -OCH3 is 1. The van der Waals surface area contributed by atoms with Crippen molar-refractivity contribution in [3.63, 3.8) is 0 Å². The summed E-state index contributed by atoms with van der Waals surface area (Å²) in [4.78, 5) is 4.40. The van der Waals surface area contributed by atoms with Crippen molar-refractivity contribution in [3.8, 4) is 5.75 Å². The largest absolute Gasteiger partial charge is 0.497 e. The van der Waals surface area contributed by atoms with E-state index in [1.807, 2.05) is 37.4 Å². The Balaban J connectivity index is 2.10. The highest BCUT2D eigenvalue weighted by Crippen LogP contribution is 2.25. The van der Waals surface area contributed by atoms with Crippen LogP contribution in [0.2, 0.25) is 0 Å². The highest BCUT2D eigenvalue weighted by molar-refractivity contribution is 5.92. The average molecular weight is 259 g/mol. The second-order valence-electron chi connectivity index (χ2n) is 4.79. The Morgan fingerprint density at radius 1 is 1.37 bits per heavy atom. The number of ether oxygens (including phenoxy) is 1. The van der Waals surface area contributed by atoms with E-state index in [4.69, 9.17) is 10.5 Å². The smallest absolute Gasteiger partial charge is 0.133 e. The van der Waals surface area contributed by atoms with Crippen molar-refractivity contribution in [2.75, 3.05) is 19.0 Å². The number of hydrogen-bond acceptors (Lipinski definition) is 4. The van der Waals surface area contributed by atoms with Crippen molar-refractivity contribution in [1.29, 1.82) is 0 Å². The molecule has 0 radical (unpaired) electrons. The number of rotatable bonds is 6. The van der Waals surface area contributed by atoms with Crippen LogP contribution in [-0.4, -0.2) is 24.7 Å². The van der Waals surface area contributed by atoms with Gasteiger partial charge in [-0.1, -0.05) is 0 Å². The molecule has 3 N–H and O–H groups in total. The van der Waals surface area contributed by atoms with Crippen LogP contribution in [0.15, 0.2) is 30.5 Å². The van der Waals surface area contributed by atoms with Crippen LogP contribution in [0, 0.1) is 0 Å². The van der Waals surface area contributed by atoms with Gasteiger partial charge in [-0.2, -0.15) is 0 Å². The molecule has 0 spiro atoms. The number of anilines is 1. The number of pyridine rings is 1. The lowest BCUT2D eigenvalue weighted by atomic mass is 10.1. The van der Waals surface area contributed by atoms with Crippen molar-refractivity contribution >= 4 is 16.6 Å². The molecule has 1 aromatic carbocycles.